The van der Waals surface area contributed by atoms with Crippen molar-refractivity contribution in [3.63, 3.8) is 0 Å². The van der Waals surface area contributed by atoms with Gasteiger partial charge in [-0.3, -0.25) is 4.79 Å². The highest BCUT2D eigenvalue weighted by Gasteiger charge is 2.30. The number of hydrogen-bond acceptors (Lipinski definition) is 5. The molecule has 0 saturated carbocycles. The minimum absolute atomic E-state index is 0.121. The van der Waals surface area contributed by atoms with E-state index in [-0.39, 0.29) is 23.3 Å². The molecule has 0 atom stereocenters. The number of carbonyl (C=O) groups is 1. The van der Waals surface area contributed by atoms with Gasteiger partial charge in [0.2, 0.25) is 5.91 Å². The molecule has 1 aromatic heterocycles. The van der Waals surface area contributed by atoms with Crippen LogP contribution in [0.1, 0.15) is 16.7 Å². The molecule has 158 valence electrons. The first-order valence-corrected chi connectivity index (χ1v) is 8.79. The zero-order chi connectivity index (χ0) is 22.1. The van der Waals surface area contributed by atoms with E-state index in [4.69, 9.17) is 13.9 Å². The average molecular weight is 421 g/mol. The van der Waals surface area contributed by atoms with Crippen LogP contribution in [0.15, 0.2) is 45.6 Å². The number of halogens is 3. The number of methoxy groups -OCH3 is 2. The van der Waals surface area contributed by atoms with Crippen molar-refractivity contribution in [3.8, 4) is 11.5 Å². The van der Waals surface area contributed by atoms with Crippen molar-refractivity contribution in [2.75, 3.05) is 19.5 Å². The molecule has 0 aliphatic rings. The number of alkyl halides is 3. The fraction of sp³-hybridized carbons (Fsp3) is 0.238. The number of carbonyl (C=O) groups excluding carboxylic acids is 1. The third kappa shape index (κ3) is 4.24. The minimum Gasteiger partial charge on any atom is -0.496 e. The Morgan fingerprint density at radius 3 is 2.33 bits per heavy atom. The van der Waals surface area contributed by atoms with Crippen molar-refractivity contribution < 1.29 is 31.9 Å². The maximum atomic E-state index is 12.6. The Morgan fingerprint density at radius 1 is 1.10 bits per heavy atom. The second kappa shape index (κ2) is 8.10. The molecule has 3 rings (SSSR count). The van der Waals surface area contributed by atoms with E-state index in [2.05, 4.69) is 5.32 Å². The highest BCUT2D eigenvalue weighted by atomic mass is 19.4. The number of anilines is 1. The fourth-order valence-electron chi connectivity index (χ4n) is 3.07. The molecule has 0 fully saturated rings. The number of benzene rings is 2. The quantitative estimate of drug-likeness (QED) is 0.621. The maximum Gasteiger partial charge on any atom is 0.416 e. The highest BCUT2D eigenvalue weighted by molar-refractivity contribution is 5.94. The van der Waals surface area contributed by atoms with Crippen LogP contribution in [-0.2, 0) is 17.4 Å². The summed E-state index contributed by atoms with van der Waals surface area (Å²) < 4.78 is 53.8. The third-order valence-corrected chi connectivity index (χ3v) is 4.61. The van der Waals surface area contributed by atoms with Gasteiger partial charge in [-0.25, -0.2) is 4.79 Å². The Bertz CT molecular complexity index is 1150. The van der Waals surface area contributed by atoms with Crippen LogP contribution in [0, 0.1) is 6.92 Å². The van der Waals surface area contributed by atoms with Crippen LogP contribution >= 0.6 is 0 Å². The van der Waals surface area contributed by atoms with E-state index < -0.39 is 23.3 Å². The van der Waals surface area contributed by atoms with Gasteiger partial charge in [-0.15, -0.1) is 0 Å². The standard InChI is InChI=1S/C21H18F3NO5/c1-11-15(10-18(26)25-13-6-4-12(5-7-13)21(22,23)24)20(27)30-17-9-14(28-2)8-16(29-3)19(11)17/h4-9H,10H2,1-3H3,(H,25,26). The molecule has 0 unspecified atom stereocenters. The van der Waals surface area contributed by atoms with Gasteiger partial charge in [0.1, 0.15) is 17.1 Å². The lowest BCUT2D eigenvalue weighted by Gasteiger charge is -2.13. The Balaban J connectivity index is 1.90. The Kier molecular flexibility index (Phi) is 5.73. The summed E-state index contributed by atoms with van der Waals surface area (Å²) in [6.45, 7) is 1.66. The summed E-state index contributed by atoms with van der Waals surface area (Å²) in [6.07, 6.45) is -4.79. The normalized spacial score (nSPS) is 11.4. The molecule has 6 nitrogen and oxygen atoms in total. The summed E-state index contributed by atoms with van der Waals surface area (Å²) in [5.74, 6) is 0.279. The van der Waals surface area contributed by atoms with E-state index >= 15 is 0 Å². The van der Waals surface area contributed by atoms with Gasteiger partial charge in [-0.1, -0.05) is 0 Å². The second-order valence-electron chi connectivity index (χ2n) is 6.50. The van der Waals surface area contributed by atoms with Gasteiger partial charge >= 0.3 is 11.8 Å². The number of nitrogens with one attached hydrogen (secondary N) is 1. The first-order chi connectivity index (χ1) is 14.1. The molecule has 9 heteroatoms. The van der Waals surface area contributed by atoms with Crippen LogP contribution in [0.3, 0.4) is 0 Å². The summed E-state index contributed by atoms with van der Waals surface area (Å²) in [5, 5.41) is 3.00. The zero-order valence-corrected chi connectivity index (χ0v) is 16.3. The van der Waals surface area contributed by atoms with E-state index in [9.17, 15) is 22.8 Å². The van der Waals surface area contributed by atoms with Crippen molar-refractivity contribution in [1.29, 1.82) is 0 Å². The Hall–Kier alpha value is -3.49. The smallest absolute Gasteiger partial charge is 0.416 e. The van der Waals surface area contributed by atoms with Crippen molar-refractivity contribution in [2.24, 2.45) is 0 Å². The number of ether oxygens (including phenoxy) is 2. The summed E-state index contributed by atoms with van der Waals surface area (Å²) in [7, 11) is 2.92. The molecule has 2 aromatic carbocycles. The van der Waals surface area contributed by atoms with Gasteiger partial charge in [0, 0.05) is 17.8 Å². The largest absolute Gasteiger partial charge is 0.496 e. The van der Waals surface area contributed by atoms with Crippen molar-refractivity contribution in [2.45, 2.75) is 19.5 Å². The first kappa shape index (κ1) is 21.2. The third-order valence-electron chi connectivity index (χ3n) is 4.61. The highest BCUT2D eigenvalue weighted by Crippen LogP contribution is 2.34. The predicted molar refractivity (Wildman–Crippen MR) is 104 cm³/mol. The van der Waals surface area contributed by atoms with E-state index in [1.165, 1.54) is 20.3 Å². The topological polar surface area (TPSA) is 77.8 Å². The van der Waals surface area contributed by atoms with Gasteiger partial charge in [-0.05, 0) is 36.8 Å². The van der Waals surface area contributed by atoms with Crippen LogP contribution in [0.2, 0.25) is 0 Å². The first-order valence-electron chi connectivity index (χ1n) is 8.79. The lowest BCUT2D eigenvalue weighted by Crippen LogP contribution is -2.21. The second-order valence-corrected chi connectivity index (χ2v) is 6.50. The SMILES string of the molecule is COc1cc(OC)c2c(C)c(CC(=O)Nc3ccc(C(F)(F)F)cc3)c(=O)oc2c1. The molecule has 0 bridgehead atoms. The van der Waals surface area contributed by atoms with E-state index in [1.54, 1.807) is 13.0 Å². The molecule has 1 amide bonds. The number of amides is 1. The summed E-state index contributed by atoms with van der Waals surface area (Å²) in [5.41, 5.74) is -0.468. The average Bonchev–Trinajstić information content (AvgIpc) is 2.69. The van der Waals surface area contributed by atoms with Crippen LogP contribution in [0.25, 0.3) is 11.0 Å². The Labute approximate surface area is 169 Å². The lowest BCUT2D eigenvalue weighted by molar-refractivity contribution is -0.137. The van der Waals surface area contributed by atoms with E-state index in [0.717, 1.165) is 24.3 Å². The van der Waals surface area contributed by atoms with Gasteiger partial charge in [0.15, 0.2) is 0 Å². The molecular formula is C21H18F3NO5. The maximum absolute atomic E-state index is 12.6. The van der Waals surface area contributed by atoms with Gasteiger partial charge in [-0.2, -0.15) is 13.2 Å². The van der Waals surface area contributed by atoms with Crippen LogP contribution in [0.4, 0.5) is 18.9 Å². The zero-order valence-electron chi connectivity index (χ0n) is 16.3. The van der Waals surface area contributed by atoms with Gasteiger partial charge in [0.25, 0.3) is 0 Å². The van der Waals surface area contributed by atoms with Gasteiger partial charge in [0.05, 0.1) is 37.2 Å². The van der Waals surface area contributed by atoms with E-state index in [0.29, 0.717) is 22.4 Å². The molecular weight excluding hydrogens is 403 g/mol. The van der Waals surface area contributed by atoms with E-state index in [1.807, 2.05) is 0 Å². The van der Waals surface area contributed by atoms with Crippen molar-refractivity contribution in [1.82, 2.24) is 0 Å². The molecule has 0 radical (unpaired) electrons. The number of hydrogen-bond donors (Lipinski definition) is 1. The summed E-state index contributed by atoms with van der Waals surface area (Å²) in [6, 6.07) is 7.18. The number of aryl methyl sites for hydroxylation is 1. The summed E-state index contributed by atoms with van der Waals surface area (Å²) >= 11 is 0. The van der Waals surface area contributed by atoms with Crippen LogP contribution < -0.4 is 20.4 Å². The van der Waals surface area contributed by atoms with Crippen LogP contribution in [0.5, 0.6) is 11.5 Å². The summed E-state index contributed by atoms with van der Waals surface area (Å²) in [4.78, 5) is 24.8. The molecule has 1 N–H and O–H groups in total. The van der Waals surface area contributed by atoms with Crippen molar-refractivity contribution in [3.05, 3.63) is 63.5 Å². The molecule has 0 aliphatic carbocycles. The number of fused-ring (bicyclic) bond motifs is 1. The molecule has 30 heavy (non-hydrogen) atoms. The van der Waals surface area contributed by atoms with Crippen LogP contribution in [-0.4, -0.2) is 20.1 Å². The minimum atomic E-state index is -4.47. The molecule has 0 saturated heterocycles. The monoisotopic (exact) mass is 421 g/mol. The fourth-order valence-corrected chi connectivity index (χ4v) is 3.07. The molecule has 0 spiro atoms. The molecule has 3 aromatic rings. The predicted octanol–water partition coefficient (Wildman–Crippen LogP) is 4.32. The number of rotatable bonds is 5. The molecule has 1 heterocycles. The lowest BCUT2D eigenvalue weighted by atomic mass is 10.0. The van der Waals surface area contributed by atoms with Gasteiger partial charge < -0.3 is 19.2 Å². The van der Waals surface area contributed by atoms with Crippen molar-refractivity contribution >= 4 is 22.6 Å². The molecule has 0 aliphatic heterocycles. The Morgan fingerprint density at radius 2 is 1.77 bits per heavy atom.